The molecule has 1 unspecified atom stereocenters. The average Bonchev–Trinajstić information content (AvgIpc) is 3.00. The molecular formula is C31H37NO10. The first-order valence-electron chi connectivity index (χ1n) is 13.6. The van der Waals surface area contributed by atoms with Gasteiger partial charge >= 0.3 is 17.9 Å². The number of β-amino-alcohol motifs (C(OH)–C–C–N with tert-alkyl or cyclic N) is 1. The van der Waals surface area contributed by atoms with E-state index < -0.39 is 35.7 Å². The van der Waals surface area contributed by atoms with E-state index in [2.05, 4.69) is 17.0 Å². The van der Waals surface area contributed by atoms with Gasteiger partial charge in [-0.05, 0) is 61.3 Å². The standard InChI is InChI=1S/C27H31NO4.C4H6O6/c1-2-31-26(30)27(23-10-4-3-5-11-23)14-16-28(17-15-27)19-24(29)20-32-25-13-12-21-8-6-7-9-22(21)18-25;5-1(3(7)8)2(6)4(9)10/h3-13,18,24,29H,2,14-17,19-20H2,1H3;1-2,5-6H,(H,7,8)(H,9,10)/t;1-,2-/m.1/s1. The van der Waals surface area contributed by atoms with Crippen LogP contribution in [-0.2, 0) is 24.5 Å². The molecule has 42 heavy (non-hydrogen) atoms. The average molecular weight is 584 g/mol. The molecule has 1 aliphatic heterocycles. The van der Waals surface area contributed by atoms with Crippen LogP contribution < -0.4 is 4.74 Å². The molecule has 11 heteroatoms. The van der Waals surface area contributed by atoms with E-state index in [4.69, 9.17) is 29.9 Å². The Labute approximate surface area is 243 Å². The second-order valence-electron chi connectivity index (χ2n) is 10.0. The summed E-state index contributed by atoms with van der Waals surface area (Å²) in [6.07, 6.45) is -3.79. The van der Waals surface area contributed by atoms with Crippen LogP contribution in [-0.4, -0.2) is 99.5 Å². The van der Waals surface area contributed by atoms with E-state index in [0.717, 1.165) is 35.2 Å². The van der Waals surface area contributed by atoms with E-state index in [1.807, 2.05) is 67.6 Å². The van der Waals surface area contributed by atoms with Gasteiger partial charge in [-0.2, -0.15) is 0 Å². The number of aliphatic hydroxyl groups excluding tert-OH is 3. The summed E-state index contributed by atoms with van der Waals surface area (Å²) in [5.41, 5.74) is 0.402. The first-order chi connectivity index (χ1) is 20.1. The number of aliphatic hydroxyl groups is 3. The van der Waals surface area contributed by atoms with Crippen LogP contribution >= 0.6 is 0 Å². The lowest BCUT2D eigenvalue weighted by atomic mass is 9.72. The highest BCUT2D eigenvalue weighted by molar-refractivity contribution is 5.84. The van der Waals surface area contributed by atoms with Gasteiger partial charge in [0.2, 0.25) is 0 Å². The van der Waals surface area contributed by atoms with E-state index in [-0.39, 0.29) is 12.6 Å². The van der Waals surface area contributed by atoms with Crippen LogP contribution in [0.4, 0.5) is 0 Å². The first-order valence-corrected chi connectivity index (χ1v) is 13.6. The second kappa shape index (κ2) is 15.3. The molecule has 0 aromatic heterocycles. The highest BCUT2D eigenvalue weighted by Crippen LogP contribution is 2.37. The number of benzene rings is 3. The van der Waals surface area contributed by atoms with Gasteiger partial charge in [-0.25, -0.2) is 9.59 Å². The van der Waals surface area contributed by atoms with Crippen molar-refractivity contribution in [3.63, 3.8) is 0 Å². The van der Waals surface area contributed by atoms with Crippen molar-refractivity contribution < 1.29 is 49.4 Å². The number of aliphatic carboxylic acids is 2. The third kappa shape index (κ3) is 8.49. The van der Waals surface area contributed by atoms with Gasteiger partial charge in [0.15, 0.2) is 12.2 Å². The minimum atomic E-state index is -2.27. The largest absolute Gasteiger partial charge is 0.491 e. The zero-order chi connectivity index (χ0) is 30.7. The number of nitrogens with zero attached hydrogens (tertiary/aromatic N) is 1. The number of hydrogen-bond donors (Lipinski definition) is 5. The molecule has 4 rings (SSSR count). The Bertz CT molecular complexity index is 1310. The highest BCUT2D eigenvalue weighted by Gasteiger charge is 2.44. The van der Waals surface area contributed by atoms with Crippen molar-refractivity contribution in [1.82, 2.24) is 4.90 Å². The van der Waals surface area contributed by atoms with Gasteiger partial charge in [-0.1, -0.05) is 60.7 Å². The number of hydrogen-bond acceptors (Lipinski definition) is 9. The molecule has 1 saturated heterocycles. The summed E-state index contributed by atoms with van der Waals surface area (Å²) < 4.78 is 11.3. The van der Waals surface area contributed by atoms with Crippen LogP contribution in [0.1, 0.15) is 25.3 Å². The molecule has 0 amide bonds. The number of fused-ring (bicyclic) bond motifs is 1. The number of likely N-dealkylation sites (tertiary alicyclic amines) is 1. The molecule has 0 bridgehead atoms. The molecule has 3 atom stereocenters. The fourth-order valence-corrected chi connectivity index (χ4v) is 4.82. The fourth-order valence-electron chi connectivity index (χ4n) is 4.82. The van der Waals surface area contributed by atoms with Gasteiger partial charge in [-0.15, -0.1) is 0 Å². The molecule has 0 aliphatic carbocycles. The molecule has 1 heterocycles. The zero-order valence-corrected chi connectivity index (χ0v) is 23.3. The van der Waals surface area contributed by atoms with Crippen LogP contribution in [0.5, 0.6) is 5.75 Å². The third-order valence-electron chi connectivity index (χ3n) is 7.14. The summed E-state index contributed by atoms with van der Waals surface area (Å²) in [6, 6.07) is 24.0. The van der Waals surface area contributed by atoms with Crippen molar-refractivity contribution >= 4 is 28.7 Å². The van der Waals surface area contributed by atoms with E-state index >= 15 is 0 Å². The van der Waals surface area contributed by atoms with E-state index in [9.17, 15) is 19.5 Å². The van der Waals surface area contributed by atoms with E-state index in [1.54, 1.807) is 0 Å². The van der Waals surface area contributed by atoms with Crippen molar-refractivity contribution in [2.75, 3.05) is 32.8 Å². The summed E-state index contributed by atoms with van der Waals surface area (Å²) in [5, 5.41) is 45.4. The van der Waals surface area contributed by atoms with Crippen molar-refractivity contribution in [3.8, 4) is 5.75 Å². The molecule has 0 saturated carbocycles. The molecule has 3 aromatic carbocycles. The number of ether oxygens (including phenoxy) is 2. The monoisotopic (exact) mass is 583 g/mol. The van der Waals surface area contributed by atoms with Crippen molar-refractivity contribution in [2.45, 2.75) is 43.5 Å². The van der Waals surface area contributed by atoms with Gasteiger partial charge in [0.05, 0.1) is 12.0 Å². The van der Waals surface area contributed by atoms with Crippen molar-refractivity contribution in [1.29, 1.82) is 0 Å². The number of carbonyl (C=O) groups is 3. The second-order valence-corrected chi connectivity index (χ2v) is 10.0. The highest BCUT2D eigenvalue weighted by atomic mass is 16.5. The van der Waals surface area contributed by atoms with E-state index in [0.29, 0.717) is 26.0 Å². The van der Waals surface area contributed by atoms with Gasteiger partial charge in [0.25, 0.3) is 0 Å². The quantitative estimate of drug-likeness (QED) is 0.209. The molecule has 1 aliphatic rings. The van der Waals surface area contributed by atoms with Crippen LogP contribution in [0.15, 0.2) is 72.8 Å². The van der Waals surface area contributed by atoms with Gasteiger partial charge < -0.3 is 39.9 Å². The number of carbonyl (C=O) groups excluding carboxylic acids is 1. The molecule has 5 N–H and O–H groups in total. The molecule has 3 aromatic rings. The Hall–Kier alpha value is -4.03. The van der Waals surface area contributed by atoms with Crippen LogP contribution in [0.2, 0.25) is 0 Å². The van der Waals surface area contributed by atoms with Crippen LogP contribution in [0.25, 0.3) is 10.8 Å². The predicted octanol–water partition coefficient (Wildman–Crippen LogP) is 2.05. The first kappa shape index (κ1) is 32.5. The lowest BCUT2D eigenvalue weighted by Gasteiger charge is -2.40. The van der Waals surface area contributed by atoms with Gasteiger partial charge in [0, 0.05) is 6.54 Å². The molecule has 0 radical (unpaired) electrons. The maximum absolute atomic E-state index is 12.9. The van der Waals surface area contributed by atoms with Gasteiger partial charge in [-0.3, -0.25) is 4.79 Å². The van der Waals surface area contributed by atoms with Crippen LogP contribution in [0, 0.1) is 0 Å². The third-order valence-corrected chi connectivity index (χ3v) is 7.14. The maximum atomic E-state index is 12.9. The number of piperidine rings is 1. The molecule has 1 fully saturated rings. The Morgan fingerprint density at radius 2 is 1.40 bits per heavy atom. The normalized spacial score (nSPS) is 16.8. The number of carboxylic acid groups (broad SMARTS) is 2. The molecular weight excluding hydrogens is 546 g/mol. The molecule has 0 spiro atoms. The Kier molecular flexibility index (Phi) is 11.8. The summed E-state index contributed by atoms with van der Waals surface area (Å²) in [4.78, 5) is 34.6. The van der Waals surface area contributed by atoms with E-state index in [1.165, 1.54) is 0 Å². The minimum absolute atomic E-state index is 0.147. The lowest BCUT2D eigenvalue weighted by molar-refractivity contribution is -0.165. The fraction of sp³-hybridized carbons (Fsp3) is 0.387. The molecule has 226 valence electrons. The maximum Gasteiger partial charge on any atom is 0.335 e. The van der Waals surface area contributed by atoms with Crippen LogP contribution in [0.3, 0.4) is 0 Å². The number of esters is 1. The smallest absolute Gasteiger partial charge is 0.335 e. The van der Waals surface area contributed by atoms with Crippen molar-refractivity contribution in [2.24, 2.45) is 0 Å². The summed E-state index contributed by atoms with van der Waals surface area (Å²) >= 11 is 0. The zero-order valence-electron chi connectivity index (χ0n) is 23.3. The molecule has 11 nitrogen and oxygen atoms in total. The van der Waals surface area contributed by atoms with Crippen molar-refractivity contribution in [3.05, 3.63) is 78.4 Å². The number of rotatable bonds is 11. The Morgan fingerprint density at radius 3 is 1.98 bits per heavy atom. The topological polar surface area (TPSA) is 174 Å². The lowest BCUT2D eigenvalue weighted by Crippen LogP contribution is -2.50. The SMILES string of the molecule is CCOC(=O)C1(c2ccccc2)CCN(CC(O)COc2ccc3ccccc3c2)CC1.O=C(O)[C@H](O)[C@@H](O)C(=O)O. The Morgan fingerprint density at radius 1 is 0.833 bits per heavy atom. The predicted molar refractivity (Wildman–Crippen MR) is 153 cm³/mol. The minimum Gasteiger partial charge on any atom is -0.491 e. The summed E-state index contributed by atoms with van der Waals surface area (Å²) in [6.45, 7) is 4.42. The summed E-state index contributed by atoms with van der Waals surface area (Å²) in [5.74, 6) is -2.93. The van der Waals surface area contributed by atoms with Gasteiger partial charge in [0.1, 0.15) is 18.5 Å². The Balaban J connectivity index is 0.000000416. The summed E-state index contributed by atoms with van der Waals surface area (Å²) in [7, 11) is 0. The number of carboxylic acids is 2.